The first kappa shape index (κ1) is 18.6. The van der Waals surface area contributed by atoms with Crippen LogP contribution >= 0.6 is 0 Å². The van der Waals surface area contributed by atoms with Crippen LogP contribution in [-0.4, -0.2) is 23.5 Å². The molecule has 2 aromatic rings. The predicted octanol–water partition coefficient (Wildman–Crippen LogP) is 3.38. The Morgan fingerprint density at radius 3 is 2.36 bits per heavy atom. The highest BCUT2D eigenvalue weighted by Gasteiger charge is 2.22. The van der Waals surface area contributed by atoms with Gasteiger partial charge in [0.1, 0.15) is 5.82 Å². The van der Waals surface area contributed by atoms with E-state index in [9.17, 15) is 19.1 Å². The summed E-state index contributed by atoms with van der Waals surface area (Å²) in [7, 11) is 0. The summed E-state index contributed by atoms with van der Waals surface area (Å²) in [6, 6.07) is 15.3. The van der Waals surface area contributed by atoms with Crippen molar-refractivity contribution in [1.82, 2.24) is 5.32 Å². The van der Waals surface area contributed by atoms with E-state index in [1.54, 1.807) is 49.4 Å². The van der Waals surface area contributed by atoms with Gasteiger partial charge in [0.15, 0.2) is 0 Å². The number of benzene rings is 2. The fourth-order valence-electron chi connectivity index (χ4n) is 2.61. The number of nitrogens with one attached hydrogen (secondary N) is 1. The van der Waals surface area contributed by atoms with Crippen molar-refractivity contribution in [2.45, 2.75) is 25.7 Å². The third kappa shape index (κ3) is 5.41. The van der Waals surface area contributed by atoms with E-state index in [-0.39, 0.29) is 24.2 Å². The van der Waals surface area contributed by atoms with Crippen molar-refractivity contribution >= 4 is 11.9 Å². The highest BCUT2D eigenvalue weighted by molar-refractivity contribution is 5.81. The van der Waals surface area contributed by atoms with Crippen LogP contribution in [0.5, 0.6) is 0 Å². The van der Waals surface area contributed by atoms with Gasteiger partial charge < -0.3 is 10.4 Å². The molecule has 0 spiro atoms. The van der Waals surface area contributed by atoms with Crippen LogP contribution in [0, 0.1) is 11.7 Å². The predicted molar refractivity (Wildman–Crippen MR) is 93.7 cm³/mol. The molecule has 2 rings (SSSR count). The summed E-state index contributed by atoms with van der Waals surface area (Å²) in [6.45, 7) is 1.79. The molecule has 0 aromatic heterocycles. The number of halogens is 1. The molecule has 0 radical (unpaired) electrons. The third-order valence-electron chi connectivity index (χ3n) is 4.23. The van der Waals surface area contributed by atoms with E-state index < -0.39 is 11.9 Å². The number of aryl methyl sites for hydroxylation is 1. The van der Waals surface area contributed by atoms with Gasteiger partial charge in [-0.05, 0) is 30.0 Å². The van der Waals surface area contributed by atoms with Crippen LogP contribution in [0.4, 0.5) is 4.39 Å². The van der Waals surface area contributed by atoms with Gasteiger partial charge in [-0.2, -0.15) is 0 Å². The molecule has 2 unspecified atom stereocenters. The van der Waals surface area contributed by atoms with E-state index in [0.29, 0.717) is 24.0 Å². The van der Waals surface area contributed by atoms with Crippen molar-refractivity contribution in [3.63, 3.8) is 0 Å². The quantitative estimate of drug-likeness (QED) is 0.772. The number of amides is 1. The van der Waals surface area contributed by atoms with E-state index in [2.05, 4.69) is 5.32 Å². The van der Waals surface area contributed by atoms with Gasteiger partial charge in [0.25, 0.3) is 0 Å². The summed E-state index contributed by atoms with van der Waals surface area (Å²) in [6.07, 6.45) is 0.956. The zero-order valence-electron chi connectivity index (χ0n) is 14.1. The second-order valence-corrected chi connectivity index (χ2v) is 6.08. The minimum absolute atomic E-state index is 0.0300. The van der Waals surface area contributed by atoms with Crippen LogP contribution in [0.1, 0.15) is 30.4 Å². The van der Waals surface area contributed by atoms with Gasteiger partial charge in [0, 0.05) is 12.5 Å². The Morgan fingerprint density at radius 1 is 1.08 bits per heavy atom. The molecular formula is C20H22FNO3. The molecule has 0 aliphatic heterocycles. The van der Waals surface area contributed by atoms with Crippen LogP contribution < -0.4 is 5.32 Å². The summed E-state index contributed by atoms with van der Waals surface area (Å²) < 4.78 is 13.6. The normalized spacial score (nSPS) is 13.0. The smallest absolute Gasteiger partial charge is 0.312 e. The van der Waals surface area contributed by atoms with Crippen LogP contribution in [0.15, 0.2) is 54.6 Å². The van der Waals surface area contributed by atoms with E-state index in [1.165, 1.54) is 6.07 Å². The van der Waals surface area contributed by atoms with E-state index in [1.807, 2.05) is 6.07 Å². The molecule has 0 saturated heterocycles. The maximum absolute atomic E-state index is 13.6. The van der Waals surface area contributed by atoms with Crippen molar-refractivity contribution in [2.75, 3.05) is 6.54 Å². The Bertz CT molecular complexity index is 718. The Kier molecular flexibility index (Phi) is 6.69. The first-order valence-corrected chi connectivity index (χ1v) is 8.28. The lowest BCUT2D eigenvalue weighted by atomic mass is 9.97. The number of carbonyl (C=O) groups excluding carboxylic acids is 1. The molecular weight excluding hydrogens is 321 g/mol. The third-order valence-corrected chi connectivity index (χ3v) is 4.23. The Morgan fingerprint density at radius 2 is 1.72 bits per heavy atom. The van der Waals surface area contributed by atoms with Gasteiger partial charge in [-0.3, -0.25) is 9.59 Å². The van der Waals surface area contributed by atoms with Gasteiger partial charge in [0.2, 0.25) is 5.91 Å². The number of rotatable bonds is 8. The summed E-state index contributed by atoms with van der Waals surface area (Å²) in [4.78, 5) is 23.6. The standard InChI is InChI=1S/C20H22FNO3/c1-14(11-12-16-9-5-6-10-18(16)21)19(23)22-13-17(20(24)25)15-7-3-2-4-8-15/h2-10,14,17H,11-13H2,1H3,(H,22,23)(H,24,25). The van der Waals surface area contributed by atoms with Gasteiger partial charge in [-0.25, -0.2) is 4.39 Å². The molecule has 1 amide bonds. The maximum atomic E-state index is 13.6. The lowest BCUT2D eigenvalue weighted by Crippen LogP contribution is -2.35. The molecule has 0 bridgehead atoms. The average Bonchev–Trinajstić information content (AvgIpc) is 2.61. The number of carboxylic acids is 1. The van der Waals surface area contributed by atoms with Crippen molar-refractivity contribution < 1.29 is 19.1 Å². The van der Waals surface area contributed by atoms with Gasteiger partial charge in [0.05, 0.1) is 5.92 Å². The van der Waals surface area contributed by atoms with E-state index in [0.717, 1.165) is 0 Å². The van der Waals surface area contributed by atoms with Gasteiger partial charge >= 0.3 is 5.97 Å². The Balaban J connectivity index is 1.88. The molecule has 0 fully saturated rings. The molecule has 25 heavy (non-hydrogen) atoms. The summed E-state index contributed by atoms with van der Waals surface area (Å²) in [5.41, 5.74) is 1.23. The molecule has 2 aromatic carbocycles. The topological polar surface area (TPSA) is 66.4 Å². The number of hydrogen-bond acceptors (Lipinski definition) is 2. The average molecular weight is 343 g/mol. The van der Waals surface area contributed by atoms with Crippen LogP contribution in [0.25, 0.3) is 0 Å². The highest BCUT2D eigenvalue weighted by atomic mass is 19.1. The number of carbonyl (C=O) groups is 2. The lowest BCUT2D eigenvalue weighted by Gasteiger charge is -2.16. The van der Waals surface area contributed by atoms with Crippen molar-refractivity contribution in [1.29, 1.82) is 0 Å². The molecule has 2 atom stereocenters. The van der Waals surface area contributed by atoms with Crippen molar-refractivity contribution in [2.24, 2.45) is 5.92 Å². The molecule has 0 heterocycles. The number of hydrogen-bond donors (Lipinski definition) is 2. The monoisotopic (exact) mass is 343 g/mol. The fourth-order valence-corrected chi connectivity index (χ4v) is 2.61. The van der Waals surface area contributed by atoms with Crippen LogP contribution in [0.2, 0.25) is 0 Å². The van der Waals surface area contributed by atoms with E-state index in [4.69, 9.17) is 0 Å². The molecule has 2 N–H and O–H groups in total. The summed E-state index contributed by atoms with van der Waals surface area (Å²) >= 11 is 0. The maximum Gasteiger partial charge on any atom is 0.312 e. The Labute approximate surface area is 146 Å². The zero-order valence-corrected chi connectivity index (χ0v) is 14.1. The highest BCUT2D eigenvalue weighted by Crippen LogP contribution is 2.16. The van der Waals surface area contributed by atoms with Crippen molar-refractivity contribution in [3.8, 4) is 0 Å². The number of carboxylic acid groups (broad SMARTS) is 1. The molecule has 5 heteroatoms. The molecule has 0 aliphatic rings. The number of aliphatic carboxylic acids is 1. The molecule has 4 nitrogen and oxygen atoms in total. The minimum Gasteiger partial charge on any atom is -0.481 e. The van der Waals surface area contributed by atoms with Crippen LogP contribution in [-0.2, 0) is 16.0 Å². The van der Waals surface area contributed by atoms with Gasteiger partial charge in [-0.1, -0.05) is 55.5 Å². The van der Waals surface area contributed by atoms with Crippen molar-refractivity contribution in [3.05, 3.63) is 71.5 Å². The largest absolute Gasteiger partial charge is 0.481 e. The minimum atomic E-state index is -0.981. The van der Waals surface area contributed by atoms with E-state index >= 15 is 0 Å². The lowest BCUT2D eigenvalue weighted by molar-refractivity contribution is -0.138. The summed E-state index contributed by atoms with van der Waals surface area (Å²) in [5.74, 6) is -2.59. The second kappa shape index (κ2) is 8.97. The molecule has 0 aliphatic carbocycles. The molecule has 0 saturated carbocycles. The zero-order chi connectivity index (χ0) is 18.2. The Hall–Kier alpha value is -2.69. The first-order valence-electron chi connectivity index (χ1n) is 8.28. The summed E-state index contributed by atoms with van der Waals surface area (Å²) in [5, 5.41) is 12.1. The fraction of sp³-hybridized carbons (Fsp3) is 0.300. The molecule has 132 valence electrons. The van der Waals surface area contributed by atoms with Gasteiger partial charge in [-0.15, -0.1) is 0 Å². The SMILES string of the molecule is CC(CCc1ccccc1F)C(=O)NCC(C(=O)O)c1ccccc1. The second-order valence-electron chi connectivity index (χ2n) is 6.08. The van der Waals surface area contributed by atoms with Crippen LogP contribution in [0.3, 0.4) is 0 Å². The first-order chi connectivity index (χ1) is 12.0.